The van der Waals surface area contributed by atoms with Crippen LogP contribution in [-0.2, 0) is 16.1 Å². The molecule has 0 aliphatic heterocycles. The summed E-state index contributed by atoms with van der Waals surface area (Å²) in [5, 5.41) is 3.36. The molecule has 0 heterocycles. The fourth-order valence-corrected chi connectivity index (χ4v) is 1.76. The average molecular weight is 295 g/mol. The smallest absolute Gasteiger partial charge is 0.305 e. The number of carbonyl (C=O) groups excluding carboxylic acids is 1. The van der Waals surface area contributed by atoms with E-state index in [-0.39, 0.29) is 5.97 Å². The van der Waals surface area contributed by atoms with Crippen LogP contribution in [0.5, 0.6) is 11.5 Å². The molecule has 0 spiro atoms. The molecule has 0 fully saturated rings. The summed E-state index contributed by atoms with van der Waals surface area (Å²) >= 11 is 0. The lowest BCUT2D eigenvalue weighted by Gasteiger charge is -2.15. The first-order chi connectivity index (χ1) is 10.1. The quantitative estimate of drug-likeness (QED) is 0.560. The Kier molecular flexibility index (Phi) is 7.61. The minimum Gasteiger partial charge on any atom is -0.497 e. The van der Waals surface area contributed by atoms with Gasteiger partial charge in [0.15, 0.2) is 0 Å². The van der Waals surface area contributed by atoms with Gasteiger partial charge in [-0.15, -0.1) is 0 Å². The summed E-state index contributed by atoms with van der Waals surface area (Å²) < 4.78 is 15.6. The third-order valence-corrected chi connectivity index (χ3v) is 2.99. The zero-order valence-electron chi connectivity index (χ0n) is 13.3. The first-order valence-corrected chi connectivity index (χ1v) is 7.16. The standard InChI is InChI=1S/C16H25NO4/c1-12(2)17-11-13-7-8-14(19-3)10-15(13)21-9-5-6-16(18)20-4/h7-8,10,12,17H,5-6,9,11H2,1-4H3. The third-order valence-electron chi connectivity index (χ3n) is 2.99. The van der Waals surface area contributed by atoms with Gasteiger partial charge in [0, 0.05) is 30.6 Å². The van der Waals surface area contributed by atoms with Crippen molar-refractivity contribution in [2.75, 3.05) is 20.8 Å². The predicted molar refractivity (Wildman–Crippen MR) is 81.7 cm³/mol. The summed E-state index contributed by atoms with van der Waals surface area (Å²) in [7, 11) is 3.02. The van der Waals surface area contributed by atoms with E-state index in [0.29, 0.717) is 25.5 Å². The van der Waals surface area contributed by atoms with Crippen LogP contribution < -0.4 is 14.8 Å². The van der Waals surface area contributed by atoms with Crippen LogP contribution in [0.25, 0.3) is 0 Å². The molecule has 0 aromatic heterocycles. The maximum absolute atomic E-state index is 11.1. The maximum Gasteiger partial charge on any atom is 0.305 e. The second-order valence-corrected chi connectivity index (χ2v) is 5.04. The molecule has 21 heavy (non-hydrogen) atoms. The zero-order valence-corrected chi connectivity index (χ0v) is 13.3. The Balaban J connectivity index is 2.61. The van der Waals surface area contributed by atoms with Gasteiger partial charge >= 0.3 is 5.97 Å². The van der Waals surface area contributed by atoms with Crippen molar-refractivity contribution < 1.29 is 19.0 Å². The molecule has 0 aliphatic rings. The maximum atomic E-state index is 11.1. The molecule has 0 bridgehead atoms. The first-order valence-electron chi connectivity index (χ1n) is 7.16. The molecular weight excluding hydrogens is 270 g/mol. The van der Waals surface area contributed by atoms with Crippen molar-refractivity contribution in [1.29, 1.82) is 0 Å². The molecule has 1 aromatic carbocycles. The van der Waals surface area contributed by atoms with E-state index in [4.69, 9.17) is 9.47 Å². The Morgan fingerprint density at radius 1 is 1.29 bits per heavy atom. The summed E-state index contributed by atoms with van der Waals surface area (Å²) in [4.78, 5) is 11.1. The highest BCUT2D eigenvalue weighted by Gasteiger charge is 2.07. The van der Waals surface area contributed by atoms with Gasteiger partial charge in [0.05, 0.1) is 20.8 Å². The van der Waals surface area contributed by atoms with Crippen molar-refractivity contribution in [2.24, 2.45) is 0 Å². The molecule has 0 radical (unpaired) electrons. The molecular formula is C16H25NO4. The molecule has 0 aliphatic carbocycles. The fraction of sp³-hybridized carbons (Fsp3) is 0.562. The van der Waals surface area contributed by atoms with Crippen LogP contribution in [0.4, 0.5) is 0 Å². The van der Waals surface area contributed by atoms with Crippen molar-refractivity contribution in [1.82, 2.24) is 5.32 Å². The number of benzene rings is 1. The molecule has 5 nitrogen and oxygen atoms in total. The summed E-state index contributed by atoms with van der Waals surface area (Å²) in [5.74, 6) is 1.32. The van der Waals surface area contributed by atoms with Gasteiger partial charge in [-0.1, -0.05) is 19.9 Å². The lowest BCUT2D eigenvalue weighted by atomic mass is 10.1. The second-order valence-electron chi connectivity index (χ2n) is 5.04. The monoisotopic (exact) mass is 295 g/mol. The largest absolute Gasteiger partial charge is 0.497 e. The summed E-state index contributed by atoms with van der Waals surface area (Å²) in [5.41, 5.74) is 1.07. The molecule has 5 heteroatoms. The van der Waals surface area contributed by atoms with Crippen LogP contribution in [0.15, 0.2) is 18.2 Å². The number of nitrogens with one attached hydrogen (secondary N) is 1. The SMILES string of the molecule is COC(=O)CCCOc1cc(OC)ccc1CNC(C)C. The molecule has 0 saturated heterocycles. The Labute approximate surface area is 126 Å². The molecule has 1 rings (SSSR count). The van der Waals surface area contributed by atoms with Crippen molar-refractivity contribution >= 4 is 5.97 Å². The van der Waals surface area contributed by atoms with E-state index in [0.717, 1.165) is 23.6 Å². The summed E-state index contributed by atoms with van der Waals surface area (Å²) in [6.45, 7) is 5.39. The van der Waals surface area contributed by atoms with E-state index in [1.165, 1.54) is 7.11 Å². The molecule has 0 unspecified atom stereocenters. The highest BCUT2D eigenvalue weighted by atomic mass is 16.5. The van der Waals surface area contributed by atoms with Gasteiger partial charge in [-0.25, -0.2) is 0 Å². The van der Waals surface area contributed by atoms with Gasteiger partial charge in [0.2, 0.25) is 0 Å². The number of ether oxygens (including phenoxy) is 3. The average Bonchev–Trinajstić information content (AvgIpc) is 2.49. The first kappa shape index (κ1) is 17.3. The summed E-state index contributed by atoms with van der Waals surface area (Å²) in [6, 6.07) is 6.18. The normalized spacial score (nSPS) is 10.5. The van der Waals surface area contributed by atoms with Gasteiger partial charge < -0.3 is 19.5 Å². The Hall–Kier alpha value is -1.75. The van der Waals surface area contributed by atoms with Gasteiger partial charge in [-0.2, -0.15) is 0 Å². The number of esters is 1. The number of carbonyl (C=O) groups is 1. The highest BCUT2D eigenvalue weighted by Crippen LogP contribution is 2.25. The van der Waals surface area contributed by atoms with Crippen LogP contribution in [-0.4, -0.2) is 32.8 Å². The predicted octanol–water partition coefficient (Wildman–Crippen LogP) is 2.53. The fourth-order valence-electron chi connectivity index (χ4n) is 1.76. The van der Waals surface area contributed by atoms with Gasteiger partial charge in [0.1, 0.15) is 11.5 Å². The molecule has 0 saturated carbocycles. The lowest BCUT2D eigenvalue weighted by Crippen LogP contribution is -2.22. The van der Waals surface area contributed by atoms with Crippen LogP contribution in [0, 0.1) is 0 Å². The Bertz CT molecular complexity index is 446. The molecule has 0 atom stereocenters. The van der Waals surface area contributed by atoms with E-state index in [2.05, 4.69) is 23.9 Å². The van der Waals surface area contributed by atoms with Crippen molar-refractivity contribution in [2.45, 2.75) is 39.3 Å². The van der Waals surface area contributed by atoms with Crippen LogP contribution >= 0.6 is 0 Å². The van der Waals surface area contributed by atoms with E-state index < -0.39 is 0 Å². The minimum atomic E-state index is -0.217. The van der Waals surface area contributed by atoms with E-state index >= 15 is 0 Å². The van der Waals surface area contributed by atoms with Crippen LogP contribution in [0.1, 0.15) is 32.3 Å². The molecule has 118 valence electrons. The molecule has 0 amide bonds. The third kappa shape index (κ3) is 6.49. The highest BCUT2D eigenvalue weighted by molar-refractivity contribution is 5.69. The van der Waals surface area contributed by atoms with Crippen molar-refractivity contribution in [3.8, 4) is 11.5 Å². The van der Waals surface area contributed by atoms with E-state index in [1.54, 1.807) is 7.11 Å². The topological polar surface area (TPSA) is 56.8 Å². The molecule has 1 N–H and O–H groups in total. The van der Waals surface area contributed by atoms with Gasteiger partial charge in [-0.3, -0.25) is 4.79 Å². The summed E-state index contributed by atoms with van der Waals surface area (Å²) in [6.07, 6.45) is 0.987. The molecule has 1 aromatic rings. The number of hydrogen-bond donors (Lipinski definition) is 1. The van der Waals surface area contributed by atoms with Gasteiger partial charge in [-0.05, 0) is 12.5 Å². The van der Waals surface area contributed by atoms with E-state index in [9.17, 15) is 4.79 Å². The number of methoxy groups -OCH3 is 2. The Morgan fingerprint density at radius 3 is 2.67 bits per heavy atom. The van der Waals surface area contributed by atoms with Crippen molar-refractivity contribution in [3.63, 3.8) is 0 Å². The Morgan fingerprint density at radius 2 is 2.05 bits per heavy atom. The van der Waals surface area contributed by atoms with Crippen LogP contribution in [0.3, 0.4) is 0 Å². The number of rotatable bonds is 9. The lowest BCUT2D eigenvalue weighted by molar-refractivity contribution is -0.140. The van der Waals surface area contributed by atoms with Crippen molar-refractivity contribution in [3.05, 3.63) is 23.8 Å². The zero-order chi connectivity index (χ0) is 15.7. The van der Waals surface area contributed by atoms with Gasteiger partial charge in [0.25, 0.3) is 0 Å². The number of hydrogen-bond acceptors (Lipinski definition) is 5. The minimum absolute atomic E-state index is 0.217. The van der Waals surface area contributed by atoms with Crippen LogP contribution in [0.2, 0.25) is 0 Å². The van der Waals surface area contributed by atoms with E-state index in [1.807, 2.05) is 18.2 Å². The second kappa shape index (κ2) is 9.23.